The first-order chi connectivity index (χ1) is 11.7. The molecule has 0 spiro atoms. The molecule has 8 nitrogen and oxygen atoms in total. The van der Waals surface area contributed by atoms with E-state index in [9.17, 15) is 4.79 Å². The fourth-order valence-corrected chi connectivity index (χ4v) is 1.91. The standard InChI is InChI=1S/C17H23N5O3/c1-11(13-9-12(2)21-25-13)7-8-14-19-20-15(22(14)6)10-18-16(23)24-17(3,4)5/h7-9H,1,10H2,2-6H3,(H,18,23)/b8-7-. The van der Waals surface area contributed by atoms with E-state index in [4.69, 9.17) is 9.26 Å². The van der Waals surface area contributed by atoms with Gasteiger partial charge in [-0.2, -0.15) is 0 Å². The third-order valence-electron chi connectivity index (χ3n) is 3.17. The molecule has 0 aliphatic carbocycles. The van der Waals surface area contributed by atoms with Crippen LogP contribution in [-0.2, 0) is 18.3 Å². The summed E-state index contributed by atoms with van der Waals surface area (Å²) in [5, 5.41) is 14.6. The number of rotatable bonds is 5. The SMILES string of the molecule is C=C(/C=C\c1nnc(CNC(=O)OC(C)(C)C)n1C)c1cc(C)no1. The topological polar surface area (TPSA) is 95.1 Å². The van der Waals surface area contributed by atoms with Crippen molar-refractivity contribution < 1.29 is 14.1 Å². The molecule has 2 aromatic rings. The zero-order chi connectivity index (χ0) is 18.6. The monoisotopic (exact) mass is 345 g/mol. The predicted octanol–water partition coefficient (Wildman–Crippen LogP) is 2.86. The number of hydrogen-bond donors (Lipinski definition) is 1. The second-order valence-electron chi connectivity index (χ2n) is 6.58. The molecule has 0 saturated heterocycles. The van der Waals surface area contributed by atoms with Gasteiger partial charge in [0.2, 0.25) is 0 Å². The Morgan fingerprint density at radius 3 is 2.76 bits per heavy atom. The molecule has 0 radical (unpaired) electrons. The van der Waals surface area contributed by atoms with Gasteiger partial charge in [-0.15, -0.1) is 10.2 Å². The highest BCUT2D eigenvalue weighted by Gasteiger charge is 2.16. The number of amides is 1. The van der Waals surface area contributed by atoms with E-state index in [2.05, 4.69) is 27.2 Å². The Balaban J connectivity index is 1.97. The van der Waals surface area contributed by atoms with E-state index in [0.717, 1.165) is 5.69 Å². The highest BCUT2D eigenvalue weighted by atomic mass is 16.6. The Hall–Kier alpha value is -2.90. The lowest BCUT2D eigenvalue weighted by Gasteiger charge is -2.19. The van der Waals surface area contributed by atoms with Crippen LogP contribution in [-0.4, -0.2) is 31.6 Å². The van der Waals surface area contributed by atoms with E-state index in [-0.39, 0.29) is 6.54 Å². The highest BCUT2D eigenvalue weighted by molar-refractivity contribution is 5.73. The summed E-state index contributed by atoms with van der Waals surface area (Å²) in [4.78, 5) is 11.7. The summed E-state index contributed by atoms with van der Waals surface area (Å²) in [5.41, 5.74) is 0.924. The molecule has 25 heavy (non-hydrogen) atoms. The summed E-state index contributed by atoms with van der Waals surface area (Å²) in [5.74, 6) is 1.83. The molecule has 8 heteroatoms. The molecule has 0 saturated carbocycles. The van der Waals surface area contributed by atoms with Crippen molar-refractivity contribution in [3.8, 4) is 0 Å². The lowest BCUT2D eigenvalue weighted by molar-refractivity contribution is 0.0522. The van der Waals surface area contributed by atoms with E-state index in [0.29, 0.717) is 23.0 Å². The quantitative estimate of drug-likeness (QED) is 0.837. The van der Waals surface area contributed by atoms with Gasteiger partial charge in [0, 0.05) is 18.7 Å². The molecule has 0 unspecified atom stereocenters. The number of hydrogen-bond acceptors (Lipinski definition) is 6. The molecule has 0 atom stereocenters. The van der Waals surface area contributed by atoms with Gasteiger partial charge in [0.25, 0.3) is 0 Å². The normalized spacial score (nSPS) is 11.7. The number of alkyl carbamates (subject to hydrolysis) is 1. The smallest absolute Gasteiger partial charge is 0.408 e. The first-order valence-electron chi connectivity index (χ1n) is 7.81. The van der Waals surface area contributed by atoms with Gasteiger partial charge in [-0.05, 0) is 39.8 Å². The highest BCUT2D eigenvalue weighted by Crippen LogP contribution is 2.16. The largest absolute Gasteiger partial charge is 0.444 e. The first kappa shape index (κ1) is 18.4. The zero-order valence-electron chi connectivity index (χ0n) is 15.2. The Kier molecular flexibility index (Phi) is 5.41. The summed E-state index contributed by atoms with van der Waals surface area (Å²) < 4.78 is 12.1. The van der Waals surface area contributed by atoms with Crippen LogP contribution in [0.3, 0.4) is 0 Å². The molecular formula is C17H23N5O3. The predicted molar refractivity (Wildman–Crippen MR) is 93.4 cm³/mol. The van der Waals surface area contributed by atoms with E-state index in [1.807, 2.05) is 14.0 Å². The van der Waals surface area contributed by atoms with Crippen LogP contribution in [0.1, 0.15) is 43.9 Å². The van der Waals surface area contributed by atoms with Crippen LogP contribution in [0, 0.1) is 6.92 Å². The lowest BCUT2D eigenvalue weighted by atomic mass is 10.2. The van der Waals surface area contributed by atoms with E-state index in [1.54, 1.807) is 43.6 Å². The molecule has 0 bridgehead atoms. The molecule has 0 aliphatic rings. The lowest BCUT2D eigenvalue weighted by Crippen LogP contribution is -2.32. The molecule has 2 aromatic heterocycles. The second kappa shape index (κ2) is 7.33. The number of carbonyl (C=O) groups excluding carboxylic acids is 1. The molecular weight excluding hydrogens is 322 g/mol. The van der Waals surface area contributed by atoms with Crippen molar-refractivity contribution in [3.63, 3.8) is 0 Å². The minimum Gasteiger partial charge on any atom is -0.444 e. The Bertz CT molecular complexity index is 796. The summed E-state index contributed by atoms with van der Waals surface area (Å²) in [6, 6.07) is 1.81. The second-order valence-corrected chi connectivity index (χ2v) is 6.58. The number of aryl methyl sites for hydroxylation is 1. The van der Waals surface area contributed by atoms with Crippen molar-refractivity contribution in [2.75, 3.05) is 0 Å². The molecule has 1 amide bonds. The fourth-order valence-electron chi connectivity index (χ4n) is 1.91. The van der Waals surface area contributed by atoms with Crippen molar-refractivity contribution in [2.45, 2.75) is 39.8 Å². The summed E-state index contributed by atoms with van der Waals surface area (Å²) in [6.45, 7) is 11.4. The van der Waals surface area contributed by atoms with Gasteiger partial charge in [-0.3, -0.25) is 0 Å². The van der Waals surface area contributed by atoms with Crippen LogP contribution >= 0.6 is 0 Å². The van der Waals surface area contributed by atoms with E-state index in [1.165, 1.54) is 0 Å². The van der Waals surface area contributed by atoms with Gasteiger partial charge in [-0.1, -0.05) is 11.7 Å². The fraction of sp³-hybridized carbons (Fsp3) is 0.412. The van der Waals surface area contributed by atoms with Crippen molar-refractivity contribution in [2.24, 2.45) is 7.05 Å². The van der Waals surface area contributed by atoms with Crippen LogP contribution in [0.5, 0.6) is 0 Å². The number of allylic oxidation sites excluding steroid dienone is 2. The average Bonchev–Trinajstić information content (AvgIpc) is 3.08. The molecule has 1 N–H and O–H groups in total. The van der Waals surface area contributed by atoms with Gasteiger partial charge >= 0.3 is 6.09 Å². The molecule has 0 aliphatic heterocycles. The van der Waals surface area contributed by atoms with Gasteiger partial charge < -0.3 is 19.1 Å². The zero-order valence-corrected chi connectivity index (χ0v) is 15.2. The van der Waals surface area contributed by atoms with Crippen LogP contribution < -0.4 is 5.32 Å². The van der Waals surface area contributed by atoms with Crippen LogP contribution in [0.15, 0.2) is 23.2 Å². The third kappa shape index (κ3) is 5.30. The number of nitrogens with one attached hydrogen (secondary N) is 1. The summed E-state index contributed by atoms with van der Waals surface area (Å²) in [6.07, 6.45) is 3.04. The number of ether oxygens (including phenoxy) is 1. The van der Waals surface area contributed by atoms with Crippen molar-refractivity contribution in [1.82, 2.24) is 25.2 Å². The Morgan fingerprint density at radius 2 is 2.16 bits per heavy atom. The first-order valence-corrected chi connectivity index (χ1v) is 7.81. The van der Waals surface area contributed by atoms with Gasteiger partial charge in [0.1, 0.15) is 5.60 Å². The summed E-state index contributed by atoms with van der Waals surface area (Å²) in [7, 11) is 1.81. The molecule has 0 fully saturated rings. The molecule has 0 aromatic carbocycles. The number of aromatic nitrogens is 4. The maximum absolute atomic E-state index is 11.7. The Labute approximate surface area is 146 Å². The van der Waals surface area contributed by atoms with Crippen LogP contribution in [0.2, 0.25) is 0 Å². The maximum Gasteiger partial charge on any atom is 0.408 e. The van der Waals surface area contributed by atoms with Gasteiger partial charge in [0.15, 0.2) is 17.4 Å². The molecule has 134 valence electrons. The van der Waals surface area contributed by atoms with Gasteiger partial charge in [-0.25, -0.2) is 4.79 Å². The minimum atomic E-state index is -0.544. The number of nitrogens with zero attached hydrogens (tertiary/aromatic N) is 4. The van der Waals surface area contributed by atoms with Crippen molar-refractivity contribution in [1.29, 1.82) is 0 Å². The van der Waals surface area contributed by atoms with E-state index >= 15 is 0 Å². The number of carbonyl (C=O) groups is 1. The third-order valence-corrected chi connectivity index (χ3v) is 3.17. The summed E-state index contributed by atoms with van der Waals surface area (Å²) >= 11 is 0. The maximum atomic E-state index is 11.7. The van der Waals surface area contributed by atoms with Crippen LogP contribution in [0.4, 0.5) is 4.79 Å². The molecule has 2 rings (SSSR count). The van der Waals surface area contributed by atoms with Crippen molar-refractivity contribution >= 4 is 17.7 Å². The Morgan fingerprint density at radius 1 is 1.44 bits per heavy atom. The van der Waals surface area contributed by atoms with E-state index < -0.39 is 11.7 Å². The minimum absolute atomic E-state index is 0.217. The molecule has 2 heterocycles. The average molecular weight is 345 g/mol. The van der Waals surface area contributed by atoms with Crippen molar-refractivity contribution in [3.05, 3.63) is 41.8 Å². The van der Waals surface area contributed by atoms with Gasteiger partial charge in [0.05, 0.1) is 12.2 Å². The van der Waals surface area contributed by atoms with Crippen LogP contribution in [0.25, 0.3) is 11.6 Å².